The second-order valence-electron chi connectivity index (χ2n) is 7.48. The SMILES string of the molecule is Cc1ccc(OCCOc2cccc(/C=C3\SC(=O)N(Cc4cccc(Cl)c4)C3=O)c2)cc1. The van der Waals surface area contributed by atoms with Gasteiger partial charge >= 0.3 is 0 Å². The van der Waals surface area contributed by atoms with Gasteiger partial charge in [-0.3, -0.25) is 14.5 Å². The second-order valence-corrected chi connectivity index (χ2v) is 8.91. The minimum Gasteiger partial charge on any atom is -0.490 e. The van der Waals surface area contributed by atoms with Gasteiger partial charge in [-0.15, -0.1) is 0 Å². The molecule has 3 aromatic rings. The fourth-order valence-corrected chi connectivity index (χ4v) is 4.30. The normalized spacial score (nSPS) is 14.7. The molecule has 33 heavy (non-hydrogen) atoms. The summed E-state index contributed by atoms with van der Waals surface area (Å²) < 4.78 is 11.5. The van der Waals surface area contributed by atoms with Crippen molar-refractivity contribution in [1.82, 2.24) is 4.90 Å². The standard InChI is InChI=1S/C26H22ClNO4S/c1-18-8-10-22(11-9-18)31-12-13-32-23-7-3-4-19(15-23)16-24-25(29)28(26(30)33-24)17-20-5-2-6-21(27)14-20/h2-11,14-16H,12-13,17H2,1H3/b24-16-. The van der Waals surface area contributed by atoms with Crippen LogP contribution in [0.3, 0.4) is 0 Å². The Hall–Kier alpha value is -3.22. The zero-order valence-corrected chi connectivity index (χ0v) is 19.6. The number of benzene rings is 3. The zero-order valence-electron chi connectivity index (χ0n) is 18.0. The van der Waals surface area contributed by atoms with Gasteiger partial charge in [0.1, 0.15) is 24.7 Å². The molecule has 0 aliphatic carbocycles. The molecule has 168 valence electrons. The van der Waals surface area contributed by atoms with Crippen molar-refractivity contribution in [2.45, 2.75) is 13.5 Å². The number of amides is 2. The van der Waals surface area contributed by atoms with Crippen molar-refractivity contribution in [3.63, 3.8) is 0 Å². The lowest BCUT2D eigenvalue weighted by atomic mass is 10.2. The maximum Gasteiger partial charge on any atom is 0.293 e. The molecule has 0 unspecified atom stereocenters. The van der Waals surface area contributed by atoms with Gasteiger partial charge in [-0.2, -0.15) is 0 Å². The van der Waals surface area contributed by atoms with Crippen LogP contribution in [0.5, 0.6) is 11.5 Å². The first-order valence-corrected chi connectivity index (χ1v) is 11.6. The minimum atomic E-state index is -0.317. The summed E-state index contributed by atoms with van der Waals surface area (Å²) in [5, 5.41) is 0.267. The number of halogens is 1. The first kappa shape index (κ1) is 23.0. The van der Waals surface area contributed by atoms with Crippen LogP contribution in [0.1, 0.15) is 16.7 Å². The summed E-state index contributed by atoms with van der Waals surface area (Å²) in [7, 11) is 0. The van der Waals surface area contributed by atoms with E-state index in [9.17, 15) is 9.59 Å². The third-order valence-corrected chi connectivity index (χ3v) is 6.04. The minimum absolute atomic E-state index is 0.187. The van der Waals surface area contributed by atoms with E-state index in [1.165, 1.54) is 10.5 Å². The third-order valence-electron chi connectivity index (χ3n) is 4.90. The van der Waals surface area contributed by atoms with Gasteiger partial charge in [0.15, 0.2) is 0 Å². The smallest absolute Gasteiger partial charge is 0.293 e. The largest absolute Gasteiger partial charge is 0.490 e. The molecule has 1 fully saturated rings. The number of aryl methyl sites for hydroxylation is 1. The summed E-state index contributed by atoms with van der Waals surface area (Å²) in [4.78, 5) is 26.8. The van der Waals surface area contributed by atoms with Crippen LogP contribution >= 0.6 is 23.4 Å². The summed E-state index contributed by atoms with van der Waals surface area (Å²) in [6, 6.07) is 22.4. The van der Waals surface area contributed by atoms with Crippen LogP contribution in [0.25, 0.3) is 6.08 Å². The number of thioether (sulfide) groups is 1. The Morgan fingerprint density at radius 1 is 0.909 bits per heavy atom. The highest BCUT2D eigenvalue weighted by atomic mass is 35.5. The fourth-order valence-electron chi connectivity index (χ4n) is 3.25. The van der Waals surface area contributed by atoms with E-state index < -0.39 is 0 Å². The van der Waals surface area contributed by atoms with Crippen molar-refractivity contribution in [2.75, 3.05) is 13.2 Å². The molecule has 0 bridgehead atoms. The van der Waals surface area contributed by atoms with E-state index in [1.54, 1.807) is 24.3 Å². The van der Waals surface area contributed by atoms with E-state index in [4.69, 9.17) is 21.1 Å². The molecule has 5 nitrogen and oxygen atoms in total. The van der Waals surface area contributed by atoms with Crippen LogP contribution in [0.2, 0.25) is 5.02 Å². The van der Waals surface area contributed by atoms with Gasteiger partial charge in [0.2, 0.25) is 0 Å². The van der Waals surface area contributed by atoms with Crippen LogP contribution in [-0.2, 0) is 11.3 Å². The highest BCUT2D eigenvalue weighted by Gasteiger charge is 2.35. The van der Waals surface area contributed by atoms with Gasteiger partial charge in [-0.05, 0) is 72.3 Å². The molecular weight excluding hydrogens is 458 g/mol. The number of imide groups is 1. The Labute approximate surface area is 202 Å². The summed E-state index contributed by atoms with van der Waals surface area (Å²) >= 11 is 6.94. The van der Waals surface area contributed by atoms with E-state index in [1.807, 2.05) is 61.5 Å². The van der Waals surface area contributed by atoms with Crippen molar-refractivity contribution in [2.24, 2.45) is 0 Å². The second kappa shape index (κ2) is 10.6. The van der Waals surface area contributed by atoms with Gasteiger partial charge in [0, 0.05) is 5.02 Å². The fraction of sp³-hybridized carbons (Fsp3) is 0.154. The molecule has 0 radical (unpaired) electrons. The average Bonchev–Trinajstić information content (AvgIpc) is 3.05. The molecule has 0 spiro atoms. The van der Waals surface area contributed by atoms with Gasteiger partial charge in [-0.1, -0.05) is 53.6 Å². The van der Waals surface area contributed by atoms with Gasteiger partial charge in [-0.25, -0.2) is 0 Å². The summed E-state index contributed by atoms with van der Waals surface area (Å²) in [5.74, 6) is 1.14. The lowest BCUT2D eigenvalue weighted by Crippen LogP contribution is -2.27. The Morgan fingerprint density at radius 2 is 1.64 bits per heavy atom. The van der Waals surface area contributed by atoms with Gasteiger partial charge < -0.3 is 9.47 Å². The predicted octanol–water partition coefficient (Wildman–Crippen LogP) is 6.34. The summed E-state index contributed by atoms with van der Waals surface area (Å²) in [6.07, 6.45) is 1.71. The first-order valence-electron chi connectivity index (χ1n) is 10.4. The number of rotatable bonds is 8. The molecule has 1 aliphatic heterocycles. The Balaban J connectivity index is 1.35. The maximum absolute atomic E-state index is 12.8. The van der Waals surface area contributed by atoms with Crippen LogP contribution in [0, 0.1) is 6.92 Å². The third kappa shape index (κ3) is 6.18. The molecule has 4 rings (SSSR count). The van der Waals surface area contributed by atoms with Crippen LogP contribution in [-0.4, -0.2) is 29.3 Å². The summed E-state index contributed by atoms with van der Waals surface area (Å²) in [5.41, 5.74) is 2.76. The number of hydrogen-bond acceptors (Lipinski definition) is 5. The van der Waals surface area contributed by atoms with Crippen molar-refractivity contribution >= 4 is 40.6 Å². The lowest BCUT2D eigenvalue weighted by Gasteiger charge is -2.12. The van der Waals surface area contributed by atoms with E-state index in [0.717, 1.165) is 28.6 Å². The van der Waals surface area contributed by atoms with Crippen LogP contribution in [0.15, 0.2) is 77.7 Å². The number of carbonyl (C=O) groups is 2. The molecule has 0 atom stereocenters. The molecular formula is C26H22ClNO4S. The Morgan fingerprint density at radius 3 is 2.39 bits per heavy atom. The molecule has 7 heteroatoms. The molecule has 0 N–H and O–H groups in total. The monoisotopic (exact) mass is 479 g/mol. The highest BCUT2D eigenvalue weighted by Crippen LogP contribution is 2.34. The Bertz CT molecular complexity index is 1190. The first-order chi connectivity index (χ1) is 16.0. The molecule has 1 heterocycles. The van der Waals surface area contributed by atoms with Crippen molar-refractivity contribution in [1.29, 1.82) is 0 Å². The zero-order chi connectivity index (χ0) is 23.2. The topological polar surface area (TPSA) is 55.8 Å². The van der Waals surface area contributed by atoms with Crippen LogP contribution < -0.4 is 9.47 Å². The van der Waals surface area contributed by atoms with E-state index in [2.05, 4.69) is 0 Å². The molecule has 1 aliphatic rings. The number of nitrogens with zero attached hydrogens (tertiary/aromatic N) is 1. The van der Waals surface area contributed by atoms with Crippen LogP contribution in [0.4, 0.5) is 4.79 Å². The van der Waals surface area contributed by atoms with E-state index >= 15 is 0 Å². The molecule has 3 aromatic carbocycles. The van der Waals surface area contributed by atoms with Crippen molar-refractivity contribution in [3.8, 4) is 11.5 Å². The average molecular weight is 480 g/mol. The quantitative estimate of drug-likeness (QED) is 0.278. The van der Waals surface area contributed by atoms with E-state index in [0.29, 0.717) is 28.9 Å². The highest BCUT2D eigenvalue weighted by molar-refractivity contribution is 8.18. The van der Waals surface area contributed by atoms with Gasteiger partial charge in [0.05, 0.1) is 11.4 Å². The molecule has 2 amide bonds. The molecule has 1 saturated heterocycles. The molecule has 0 aromatic heterocycles. The maximum atomic E-state index is 12.8. The van der Waals surface area contributed by atoms with E-state index in [-0.39, 0.29) is 17.7 Å². The number of ether oxygens (including phenoxy) is 2. The number of hydrogen-bond donors (Lipinski definition) is 0. The van der Waals surface area contributed by atoms with Crippen molar-refractivity contribution in [3.05, 3.63) is 99.4 Å². The summed E-state index contributed by atoms with van der Waals surface area (Å²) in [6.45, 7) is 3.01. The number of carbonyl (C=O) groups excluding carboxylic acids is 2. The Kier molecular flexibility index (Phi) is 7.37. The van der Waals surface area contributed by atoms with Crippen molar-refractivity contribution < 1.29 is 19.1 Å². The molecule has 0 saturated carbocycles. The lowest BCUT2D eigenvalue weighted by molar-refractivity contribution is -0.123. The van der Waals surface area contributed by atoms with Gasteiger partial charge in [0.25, 0.3) is 11.1 Å². The predicted molar refractivity (Wildman–Crippen MR) is 132 cm³/mol.